The second-order valence-electron chi connectivity index (χ2n) is 5.08. The van der Waals surface area contributed by atoms with Crippen LogP contribution in [0.3, 0.4) is 0 Å². The molecular formula is C14H17F4N. The lowest BCUT2D eigenvalue weighted by Gasteiger charge is -2.22. The highest BCUT2D eigenvalue weighted by molar-refractivity contribution is 5.27. The van der Waals surface area contributed by atoms with E-state index in [9.17, 15) is 17.6 Å². The average molecular weight is 275 g/mol. The summed E-state index contributed by atoms with van der Waals surface area (Å²) in [6.07, 6.45) is -1.07. The lowest BCUT2D eigenvalue weighted by Crippen LogP contribution is -2.27. The molecule has 0 unspecified atom stereocenters. The normalized spacial score (nSPS) is 17.7. The highest BCUT2D eigenvalue weighted by Gasteiger charge is 2.31. The first-order chi connectivity index (χ1) is 8.95. The van der Waals surface area contributed by atoms with E-state index in [0.717, 1.165) is 38.4 Å². The molecular weight excluding hydrogens is 258 g/mol. The van der Waals surface area contributed by atoms with E-state index >= 15 is 0 Å². The van der Waals surface area contributed by atoms with E-state index < -0.39 is 17.6 Å². The Labute approximate surface area is 110 Å². The highest BCUT2D eigenvalue weighted by Crippen LogP contribution is 2.31. The number of hydrogen-bond donors (Lipinski definition) is 1. The van der Waals surface area contributed by atoms with Gasteiger partial charge >= 0.3 is 6.18 Å². The van der Waals surface area contributed by atoms with Gasteiger partial charge in [0.25, 0.3) is 0 Å². The van der Waals surface area contributed by atoms with Crippen LogP contribution in [0.25, 0.3) is 0 Å². The predicted octanol–water partition coefficient (Wildman–Crippen LogP) is 3.78. The van der Waals surface area contributed by atoms with Gasteiger partial charge in [-0.15, -0.1) is 0 Å². The first-order valence-electron chi connectivity index (χ1n) is 6.52. The Morgan fingerprint density at radius 2 is 1.79 bits per heavy atom. The van der Waals surface area contributed by atoms with Crippen LogP contribution < -0.4 is 5.32 Å². The lowest BCUT2D eigenvalue weighted by atomic mass is 9.91. The molecule has 2 rings (SSSR count). The smallest absolute Gasteiger partial charge is 0.317 e. The Bertz CT molecular complexity index is 422. The first-order valence-corrected chi connectivity index (χ1v) is 6.52. The summed E-state index contributed by atoms with van der Waals surface area (Å²) in [5.41, 5.74) is -0.460. The fraction of sp³-hybridized carbons (Fsp3) is 0.571. The number of alkyl halides is 3. The maximum atomic E-state index is 13.2. The molecule has 0 aromatic heterocycles. The molecule has 0 radical (unpaired) electrons. The number of hydrogen-bond acceptors (Lipinski definition) is 1. The van der Waals surface area contributed by atoms with E-state index in [0.29, 0.717) is 24.0 Å². The molecule has 1 aliphatic rings. The van der Waals surface area contributed by atoms with Crippen LogP contribution in [0.5, 0.6) is 0 Å². The molecule has 0 atom stereocenters. The van der Waals surface area contributed by atoms with Crippen LogP contribution in [0.15, 0.2) is 18.2 Å². The Morgan fingerprint density at radius 3 is 2.42 bits per heavy atom. The summed E-state index contributed by atoms with van der Waals surface area (Å²) < 4.78 is 50.9. The van der Waals surface area contributed by atoms with Crippen molar-refractivity contribution >= 4 is 0 Å². The first kappa shape index (κ1) is 14.3. The maximum Gasteiger partial charge on any atom is 0.416 e. The van der Waals surface area contributed by atoms with Crippen molar-refractivity contribution in [2.24, 2.45) is 5.92 Å². The van der Waals surface area contributed by atoms with Crippen molar-refractivity contribution in [3.8, 4) is 0 Å². The zero-order chi connectivity index (χ0) is 13.9. The summed E-state index contributed by atoms with van der Waals surface area (Å²) in [6.45, 7) is 1.92. The third-order valence-electron chi connectivity index (χ3n) is 3.58. The number of nitrogens with one attached hydrogen (secondary N) is 1. The molecule has 1 fully saturated rings. The average Bonchev–Trinajstić information content (AvgIpc) is 2.36. The number of aryl methyl sites for hydroxylation is 1. The van der Waals surface area contributed by atoms with E-state index in [1.807, 2.05) is 0 Å². The van der Waals surface area contributed by atoms with Crippen LogP contribution in [0.1, 0.15) is 30.4 Å². The molecule has 1 heterocycles. The molecule has 0 bridgehead atoms. The van der Waals surface area contributed by atoms with E-state index in [2.05, 4.69) is 5.32 Å². The minimum atomic E-state index is -4.48. The Morgan fingerprint density at radius 1 is 1.11 bits per heavy atom. The van der Waals surface area contributed by atoms with Crippen LogP contribution in [0, 0.1) is 11.7 Å². The van der Waals surface area contributed by atoms with E-state index in [1.54, 1.807) is 0 Å². The molecule has 19 heavy (non-hydrogen) atoms. The Kier molecular flexibility index (Phi) is 4.45. The molecule has 1 aromatic rings. The largest absolute Gasteiger partial charge is 0.416 e. The fourth-order valence-electron chi connectivity index (χ4n) is 2.50. The van der Waals surface area contributed by atoms with Crippen molar-refractivity contribution in [2.45, 2.75) is 31.9 Å². The molecule has 5 heteroatoms. The molecule has 0 amide bonds. The van der Waals surface area contributed by atoms with Gasteiger partial charge in [0, 0.05) is 0 Å². The van der Waals surface area contributed by atoms with Crippen LogP contribution in [0.2, 0.25) is 0 Å². The van der Waals surface area contributed by atoms with Crippen molar-refractivity contribution in [1.29, 1.82) is 0 Å². The van der Waals surface area contributed by atoms with Gasteiger partial charge in [-0.05, 0) is 68.5 Å². The molecule has 1 aromatic carbocycles. The van der Waals surface area contributed by atoms with Gasteiger partial charge < -0.3 is 5.32 Å². The zero-order valence-electron chi connectivity index (χ0n) is 10.6. The molecule has 1 nitrogen and oxygen atoms in total. The molecule has 0 spiro atoms. The Balaban J connectivity index is 2.01. The van der Waals surface area contributed by atoms with Crippen LogP contribution >= 0.6 is 0 Å². The fourth-order valence-corrected chi connectivity index (χ4v) is 2.50. The van der Waals surface area contributed by atoms with Gasteiger partial charge in [-0.3, -0.25) is 0 Å². The molecule has 1 saturated heterocycles. The van der Waals surface area contributed by atoms with Crippen LogP contribution in [-0.4, -0.2) is 13.1 Å². The third kappa shape index (κ3) is 4.20. The predicted molar refractivity (Wildman–Crippen MR) is 65.3 cm³/mol. The van der Waals surface area contributed by atoms with Crippen molar-refractivity contribution < 1.29 is 17.6 Å². The number of piperidine rings is 1. The topological polar surface area (TPSA) is 12.0 Å². The van der Waals surface area contributed by atoms with Gasteiger partial charge in [0.1, 0.15) is 5.82 Å². The molecule has 1 aliphatic heterocycles. The number of benzene rings is 1. The molecule has 0 aliphatic carbocycles. The van der Waals surface area contributed by atoms with Crippen molar-refractivity contribution in [1.82, 2.24) is 5.32 Å². The summed E-state index contributed by atoms with van der Waals surface area (Å²) in [7, 11) is 0. The SMILES string of the molecule is Fc1cc(CCC2CCNCC2)cc(C(F)(F)F)c1. The van der Waals surface area contributed by atoms with Gasteiger partial charge in [-0.1, -0.05) is 0 Å². The minimum Gasteiger partial charge on any atom is -0.317 e. The monoisotopic (exact) mass is 275 g/mol. The summed E-state index contributed by atoms with van der Waals surface area (Å²) in [5, 5.41) is 3.24. The summed E-state index contributed by atoms with van der Waals surface area (Å²) in [4.78, 5) is 0. The van der Waals surface area contributed by atoms with Gasteiger partial charge in [-0.25, -0.2) is 4.39 Å². The zero-order valence-corrected chi connectivity index (χ0v) is 10.6. The second kappa shape index (κ2) is 5.90. The second-order valence-corrected chi connectivity index (χ2v) is 5.08. The van der Waals surface area contributed by atoms with Crippen molar-refractivity contribution in [2.75, 3.05) is 13.1 Å². The summed E-state index contributed by atoms with van der Waals surface area (Å²) in [5.74, 6) is -0.283. The van der Waals surface area contributed by atoms with E-state index in [4.69, 9.17) is 0 Å². The summed E-state index contributed by atoms with van der Waals surface area (Å²) in [6, 6.07) is 2.81. The highest BCUT2D eigenvalue weighted by atomic mass is 19.4. The maximum absolute atomic E-state index is 13.2. The summed E-state index contributed by atoms with van der Waals surface area (Å²) >= 11 is 0. The lowest BCUT2D eigenvalue weighted by molar-refractivity contribution is -0.137. The van der Waals surface area contributed by atoms with Gasteiger partial charge in [0.2, 0.25) is 0 Å². The third-order valence-corrected chi connectivity index (χ3v) is 3.58. The van der Waals surface area contributed by atoms with Crippen molar-refractivity contribution in [3.63, 3.8) is 0 Å². The molecule has 1 N–H and O–H groups in total. The standard InChI is InChI=1S/C14H17F4N/c15-13-8-11(7-12(9-13)14(16,17)18)2-1-10-3-5-19-6-4-10/h7-10,19H,1-6H2. The van der Waals surface area contributed by atoms with E-state index in [1.165, 1.54) is 6.07 Å². The van der Waals surface area contributed by atoms with E-state index in [-0.39, 0.29) is 0 Å². The van der Waals surface area contributed by atoms with Gasteiger partial charge in [0.15, 0.2) is 0 Å². The van der Waals surface area contributed by atoms with Gasteiger partial charge in [-0.2, -0.15) is 13.2 Å². The van der Waals surface area contributed by atoms with Crippen LogP contribution in [0.4, 0.5) is 17.6 Å². The van der Waals surface area contributed by atoms with Crippen molar-refractivity contribution in [3.05, 3.63) is 35.1 Å². The number of halogens is 4. The quantitative estimate of drug-likeness (QED) is 0.828. The Hall–Kier alpha value is -1.10. The van der Waals surface area contributed by atoms with Gasteiger partial charge in [0.05, 0.1) is 5.56 Å². The minimum absolute atomic E-state index is 0.436. The molecule has 0 saturated carbocycles. The molecule has 106 valence electrons. The van der Waals surface area contributed by atoms with Crippen LogP contribution in [-0.2, 0) is 12.6 Å². The number of rotatable bonds is 3.